The first kappa shape index (κ1) is 10.1. The number of carbonyl (C=O) groups excluding carboxylic acids is 1. The molecule has 1 aliphatic heterocycles. The molecular formula is C14H14N2O. The van der Waals surface area contributed by atoms with Crippen LogP contribution in [0.5, 0.6) is 0 Å². The molecule has 0 bridgehead atoms. The molecule has 17 heavy (non-hydrogen) atoms. The maximum absolute atomic E-state index is 11.7. The summed E-state index contributed by atoms with van der Waals surface area (Å²) < 4.78 is 2.13. The topological polar surface area (TPSA) is 25.2 Å². The van der Waals surface area contributed by atoms with Crippen molar-refractivity contribution in [3.8, 4) is 0 Å². The fourth-order valence-electron chi connectivity index (χ4n) is 2.33. The second-order valence-corrected chi connectivity index (χ2v) is 4.33. The van der Waals surface area contributed by atoms with Crippen LogP contribution in [0.25, 0.3) is 10.9 Å². The Balaban J connectivity index is 2.12. The monoisotopic (exact) mass is 226 g/mol. The molecule has 1 aliphatic rings. The first-order valence-electron chi connectivity index (χ1n) is 5.75. The number of benzene rings is 1. The highest BCUT2D eigenvalue weighted by molar-refractivity contribution is 5.82. The zero-order valence-corrected chi connectivity index (χ0v) is 9.71. The van der Waals surface area contributed by atoms with Crippen LogP contribution in [0.2, 0.25) is 0 Å². The summed E-state index contributed by atoms with van der Waals surface area (Å²) in [5.74, 6) is 0.162. The average Bonchev–Trinajstić information content (AvgIpc) is 2.77. The molecule has 0 saturated heterocycles. The van der Waals surface area contributed by atoms with Crippen molar-refractivity contribution in [2.75, 3.05) is 7.05 Å². The van der Waals surface area contributed by atoms with Crippen molar-refractivity contribution in [3.05, 3.63) is 48.7 Å². The normalized spacial score (nSPS) is 20.2. The van der Waals surface area contributed by atoms with Gasteiger partial charge in [-0.25, -0.2) is 0 Å². The van der Waals surface area contributed by atoms with E-state index in [1.165, 1.54) is 5.39 Å². The van der Waals surface area contributed by atoms with Gasteiger partial charge in [-0.3, -0.25) is 4.79 Å². The van der Waals surface area contributed by atoms with Crippen LogP contribution < -0.4 is 0 Å². The molecular weight excluding hydrogens is 212 g/mol. The molecule has 3 rings (SSSR count). The highest BCUT2D eigenvalue weighted by Crippen LogP contribution is 2.25. The average molecular weight is 226 g/mol. The fourth-order valence-corrected chi connectivity index (χ4v) is 2.33. The molecule has 2 aromatic rings. The lowest BCUT2D eigenvalue weighted by Gasteiger charge is -2.30. The summed E-state index contributed by atoms with van der Waals surface area (Å²) in [6.45, 7) is 0. The quantitative estimate of drug-likeness (QED) is 0.686. The van der Waals surface area contributed by atoms with Crippen molar-refractivity contribution in [3.63, 3.8) is 0 Å². The van der Waals surface area contributed by atoms with E-state index < -0.39 is 0 Å². The van der Waals surface area contributed by atoms with Gasteiger partial charge in [0.25, 0.3) is 0 Å². The third kappa shape index (κ3) is 1.55. The molecule has 1 aromatic heterocycles. The van der Waals surface area contributed by atoms with E-state index in [0.717, 1.165) is 5.52 Å². The van der Waals surface area contributed by atoms with Gasteiger partial charge in [0, 0.05) is 19.7 Å². The smallest absolute Gasteiger partial charge is 0.228 e. The van der Waals surface area contributed by atoms with Crippen molar-refractivity contribution >= 4 is 16.8 Å². The van der Waals surface area contributed by atoms with Crippen molar-refractivity contribution in [2.24, 2.45) is 0 Å². The van der Waals surface area contributed by atoms with Crippen molar-refractivity contribution in [1.29, 1.82) is 0 Å². The number of amides is 1. The van der Waals surface area contributed by atoms with Crippen LogP contribution in [0.1, 0.15) is 12.6 Å². The second kappa shape index (κ2) is 3.77. The van der Waals surface area contributed by atoms with E-state index in [-0.39, 0.29) is 12.1 Å². The minimum absolute atomic E-state index is 0.00356. The Morgan fingerprint density at radius 1 is 1.24 bits per heavy atom. The Hall–Kier alpha value is -2.03. The van der Waals surface area contributed by atoms with Gasteiger partial charge in [0.05, 0.1) is 5.52 Å². The van der Waals surface area contributed by atoms with Gasteiger partial charge in [-0.05, 0) is 23.6 Å². The van der Waals surface area contributed by atoms with Gasteiger partial charge in [-0.15, -0.1) is 0 Å². The van der Waals surface area contributed by atoms with E-state index in [2.05, 4.69) is 28.8 Å². The van der Waals surface area contributed by atoms with Crippen LogP contribution in [0.3, 0.4) is 0 Å². The number of rotatable bonds is 1. The molecule has 0 N–H and O–H groups in total. The molecule has 3 nitrogen and oxygen atoms in total. The summed E-state index contributed by atoms with van der Waals surface area (Å²) >= 11 is 0. The highest BCUT2D eigenvalue weighted by atomic mass is 16.2. The summed E-state index contributed by atoms with van der Waals surface area (Å²) in [7, 11) is 1.85. The predicted octanol–water partition coefficient (Wildman–Crippen LogP) is 2.56. The number of nitrogens with zero attached hydrogens (tertiary/aromatic N) is 2. The number of hydrogen-bond acceptors (Lipinski definition) is 1. The molecule has 0 spiro atoms. The van der Waals surface area contributed by atoms with Crippen LogP contribution in [0, 0.1) is 0 Å². The molecule has 86 valence electrons. The first-order valence-corrected chi connectivity index (χ1v) is 5.75. The lowest BCUT2D eigenvalue weighted by atomic mass is 10.2. The van der Waals surface area contributed by atoms with Crippen molar-refractivity contribution < 1.29 is 4.79 Å². The number of aromatic nitrogens is 1. The van der Waals surface area contributed by atoms with Crippen LogP contribution in [-0.4, -0.2) is 22.4 Å². The summed E-state index contributed by atoms with van der Waals surface area (Å²) in [5, 5.41) is 1.20. The number of para-hydroxylation sites is 1. The zero-order valence-electron chi connectivity index (χ0n) is 9.71. The molecule has 0 fully saturated rings. The van der Waals surface area contributed by atoms with Gasteiger partial charge < -0.3 is 9.47 Å². The summed E-state index contributed by atoms with van der Waals surface area (Å²) in [4.78, 5) is 13.5. The lowest BCUT2D eigenvalue weighted by molar-refractivity contribution is -0.132. The van der Waals surface area contributed by atoms with Gasteiger partial charge in [0.15, 0.2) is 0 Å². The molecule has 2 heterocycles. The minimum Gasteiger partial charge on any atom is -0.323 e. The molecule has 1 unspecified atom stereocenters. The van der Waals surface area contributed by atoms with E-state index in [1.54, 1.807) is 4.90 Å². The SMILES string of the molecule is CN1C(=O)CC=CC1n1ccc2ccccc21. The number of carbonyl (C=O) groups is 1. The molecule has 0 saturated carbocycles. The largest absolute Gasteiger partial charge is 0.323 e. The minimum atomic E-state index is -0.00356. The Morgan fingerprint density at radius 3 is 2.94 bits per heavy atom. The number of fused-ring (bicyclic) bond motifs is 1. The van der Waals surface area contributed by atoms with Gasteiger partial charge in [0.1, 0.15) is 6.17 Å². The Kier molecular flexibility index (Phi) is 2.25. The van der Waals surface area contributed by atoms with Gasteiger partial charge in [-0.1, -0.05) is 24.3 Å². The van der Waals surface area contributed by atoms with Crippen molar-refractivity contribution in [1.82, 2.24) is 9.47 Å². The molecule has 1 atom stereocenters. The van der Waals surface area contributed by atoms with E-state index >= 15 is 0 Å². The highest BCUT2D eigenvalue weighted by Gasteiger charge is 2.22. The van der Waals surface area contributed by atoms with Gasteiger partial charge in [0.2, 0.25) is 5.91 Å². The van der Waals surface area contributed by atoms with Gasteiger partial charge in [-0.2, -0.15) is 0 Å². The summed E-state index contributed by atoms with van der Waals surface area (Å²) in [6.07, 6.45) is 6.56. The van der Waals surface area contributed by atoms with E-state index in [0.29, 0.717) is 6.42 Å². The predicted molar refractivity (Wildman–Crippen MR) is 67.5 cm³/mol. The van der Waals surface area contributed by atoms with Gasteiger partial charge >= 0.3 is 0 Å². The first-order chi connectivity index (χ1) is 8.27. The third-order valence-electron chi connectivity index (χ3n) is 3.31. The second-order valence-electron chi connectivity index (χ2n) is 4.33. The Bertz CT molecular complexity index is 597. The van der Waals surface area contributed by atoms with Crippen LogP contribution in [-0.2, 0) is 4.79 Å². The van der Waals surface area contributed by atoms with Crippen molar-refractivity contribution in [2.45, 2.75) is 12.6 Å². The van der Waals surface area contributed by atoms with Crippen LogP contribution in [0.4, 0.5) is 0 Å². The maximum Gasteiger partial charge on any atom is 0.228 e. The fraction of sp³-hybridized carbons (Fsp3) is 0.214. The molecule has 1 amide bonds. The molecule has 0 radical (unpaired) electrons. The maximum atomic E-state index is 11.7. The molecule has 3 heteroatoms. The summed E-state index contributed by atoms with van der Waals surface area (Å²) in [5.41, 5.74) is 1.16. The zero-order chi connectivity index (χ0) is 11.8. The Morgan fingerprint density at radius 2 is 2.06 bits per heavy atom. The van der Waals surface area contributed by atoms with Crippen LogP contribution in [0.15, 0.2) is 48.7 Å². The third-order valence-corrected chi connectivity index (χ3v) is 3.31. The van der Waals surface area contributed by atoms with Crippen LogP contribution >= 0.6 is 0 Å². The Labute approximate surface area is 99.9 Å². The van der Waals surface area contributed by atoms with E-state index in [4.69, 9.17) is 0 Å². The van der Waals surface area contributed by atoms with E-state index in [9.17, 15) is 4.79 Å². The lowest BCUT2D eigenvalue weighted by Crippen LogP contribution is -2.35. The number of likely N-dealkylation sites (N-methyl/N-ethyl adjacent to an activating group) is 1. The number of hydrogen-bond donors (Lipinski definition) is 0. The summed E-state index contributed by atoms with van der Waals surface area (Å²) in [6, 6.07) is 10.3. The van der Waals surface area contributed by atoms with E-state index in [1.807, 2.05) is 31.5 Å². The molecule has 1 aromatic carbocycles. The standard InChI is InChI=1S/C14H14N2O/c1-15-13(7-4-8-14(15)17)16-10-9-11-5-2-3-6-12(11)16/h2-7,9-10,13H,8H2,1H3. The molecule has 0 aliphatic carbocycles.